The molecule has 0 saturated carbocycles. The molecule has 3 aromatic carbocycles. The van der Waals surface area contributed by atoms with Crippen LogP contribution in [-0.4, -0.2) is 35.9 Å². The highest BCUT2D eigenvalue weighted by atomic mass is 16.5. The van der Waals surface area contributed by atoms with Crippen LogP contribution in [0.25, 0.3) is 0 Å². The first-order chi connectivity index (χ1) is 27.8. The molecule has 0 radical (unpaired) electrons. The predicted octanol–water partition coefficient (Wildman–Crippen LogP) is 15.8. The van der Waals surface area contributed by atoms with E-state index in [2.05, 4.69) is 61.5 Å². The number of hydrogen-bond donors (Lipinski definition) is 2. The fraction of sp³-hybridized carbons (Fsp3) is 0.615. The number of nitrogens with zero attached hydrogens (tertiary/aromatic N) is 2. The normalized spacial score (nSPS) is 12.3. The lowest BCUT2D eigenvalue weighted by atomic mass is 9.79. The second-order valence-corrected chi connectivity index (χ2v) is 18.4. The van der Waals surface area contributed by atoms with Crippen molar-refractivity contribution in [1.29, 1.82) is 0 Å². The summed E-state index contributed by atoms with van der Waals surface area (Å²) in [6.07, 6.45) is 28.7. The lowest BCUT2D eigenvalue weighted by Crippen LogP contribution is -2.17. The Hall–Kier alpha value is -3.80. The van der Waals surface area contributed by atoms with Crippen molar-refractivity contribution in [3.05, 3.63) is 70.8 Å². The number of ether oxygens (including phenoxy) is 2. The van der Waals surface area contributed by atoms with Crippen LogP contribution in [0.1, 0.15) is 206 Å². The molecule has 58 heavy (non-hydrogen) atoms. The standard InChI is InChI=1S/C52H80N2O4/c1-9-11-13-15-17-19-21-23-25-29-33-57-48-37-45(53-39-41-31-27-28-32-47(41)55)46(38-49(48)58-34-30-26-24-22-20-18-16-14-12-10-2)54-40-42-35-43(51(3,4)5)36-44(50(42)56)52(6,7)8/h27-28,31-32,35-40,55-56H,9-26,29-30,33-34H2,1-8H3. The zero-order chi connectivity index (χ0) is 42.2. The van der Waals surface area contributed by atoms with Gasteiger partial charge in [-0.25, -0.2) is 0 Å². The average Bonchev–Trinajstić information content (AvgIpc) is 3.18. The van der Waals surface area contributed by atoms with E-state index in [1.165, 1.54) is 103 Å². The maximum Gasteiger partial charge on any atom is 0.163 e. The summed E-state index contributed by atoms with van der Waals surface area (Å²) in [5.74, 6) is 1.69. The van der Waals surface area contributed by atoms with Gasteiger partial charge in [0.15, 0.2) is 11.5 Å². The summed E-state index contributed by atoms with van der Waals surface area (Å²) in [5, 5.41) is 22.1. The average molecular weight is 797 g/mol. The Morgan fingerprint density at radius 3 is 1.33 bits per heavy atom. The minimum atomic E-state index is -0.260. The van der Waals surface area contributed by atoms with E-state index in [-0.39, 0.29) is 22.3 Å². The quantitative estimate of drug-likeness (QED) is 0.0566. The van der Waals surface area contributed by atoms with Gasteiger partial charge >= 0.3 is 0 Å². The Labute approximate surface area is 354 Å². The van der Waals surface area contributed by atoms with Gasteiger partial charge in [0, 0.05) is 41.3 Å². The minimum absolute atomic E-state index is 0.119. The van der Waals surface area contributed by atoms with Crippen LogP contribution in [0.15, 0.2) is 58.5 Å². The predicted molar refractivity (Wildman–Crippen MR) is 249 cm³/mol. The first kappa shape index (κ1) is 48.6. The summed E-state index contributed by atoms with van der Waals surface area (Å²) in [6, 6.07) is 15.2. The van der Waals surface area contributed by atoms with E-state index >= 15 is 0 Å². The molecule has 0 aliphatic heterocycles. The summed E-state index contributed by atoms with van der Waals surface area (Å²) < 4.78 is 13.0. The van der Waals surface area contributed by atoms with Crippen molar-refractivity contribution in [2.24, 2.45) is 9.98 Å². The highest BCUT2D eigenvalue weighted by molar-refractivity contribution is 5.90. The number of rotatable bonds is 28. The van der Waals surface area contributed by atoms with Crippen molar-refractivity contribution in [3.63, 3.8) is 0 Å². The number of phenolic OH excluding ortho intramolecular Hbond substituents is 2. The van der Waals surface area contributed by atoms with Crippen LogP contribution in [0.3, 0.4) is 0 Å². The number of aromatic hydroxyl groups is 2. The van der Waals surface area contributed by atoms with Crippen molar-refractivity contribution in [3.8, 4) is 23.0 Å². The van der Waals surface area contributed by atoms with E-state index in [4.69, 9.17) is 19.5 Å². The zero-order valence-electron chi connectivity index (χ0n) is 37.9. The molecule has 0 saturated heterocycles. The van der Waals surface area contributed by atoms with Crippen molar-refractivity contribution < 1.29 is 19.7 Å². The molecule has 0 aromatic heterocycles. The van der Waals surface area contributed by atoms with E-state index in [1.807, 2.05) is 30.3 Å². The van der Waals surface area contributed by atoms with Crippen molar-refractivity contribution >= 4 is 23.8 Å². The molecule has 0 heterocycles. The van der Waals surface area contributed by atoms with Gasteiger partial charge in [0.25, 0.3) is 0 Å². The summed E-state index contributed by atoms with van der Waals surface area (Å²) in [6.45, 7) is 18.6. The van der Waals surface area contributed by atoms with Gasteiger partial charge in [-0.1, -0.05) is 189 Å². The Bertz CT molecular complexity index is 1660. The molecule has 6 nitrogen and oxygen atoms in total. The zero-order valence-corrected chi connectivity index (χ0v) is 37.9. The fourth-order valence-electron chi connectivity index (χ4n) is 7.15. The van der Waals surface area contributed by atoms with E-state index in [1.54, 1.807) is 24.6 Å². The maximum atomic E-state index is 11.6. The van der Waals surface area contributed by atoms with Crippen LogP contribution in [0, 0.1) is 0 Å². The van der Waals surface area contributed by atoms with Crippen LogP contribution in [0.4, 0.5) is 11.4 Å². The molecule has 0 fully saturated rings. The van der Waals surface area contributed by atoms with Gasteiger partial charge in [-0.2, -0.15) is 0 Å². The van der Waals surface area contributed by atoms with Crippen LogP contribution >= 0.6 is 0 Å². The first-order valence-corrected chi connectivity index (χ1v) is 23.0. The summed E-state index contributed by atoms with van der Waals surface area (Å²) in [4.78, 5) is 9.85. The highest BCUT2D eigenvalue weighted by Gasteiger charge is 2.25. The maximum absolute atomic E-state index is 11.6. The molecule has 2 N–H and O–H groups in total. The van der Waals surface area contributed by atoms with Gasteiger partial charge in [0.1, 0.15) is 11.5 Å². The SMILES string of the molecule is CCCCCCCCCCCCOc1cc(N=Cc2ccccc2O)c(N=Cc2cc(C(C)(C)C)cc(C(C)(C)C)c2O)cc1OCCCCCCCCCCCC. The molecule has 3 aromatic rings. The third-order valence-corrected chi connectivity index (χ3v) is 11.0. The smallest absolute Gasteiger partial charge is 0.163 e. The van der Waals surface area contributed by atoms with Gasteiger partial charge < -0.3 is 19.7 Å². The molecule has 0 aliphatic carbocycles. The first-order valence-electron chi connectivity index (χ1n) is 23.0. The van der Waals surface area contributed by atoms with Crippen LogP contribution in [0.2, 0.25) is 0 Å². The molecule has 0 atom stereocenters. The van der Waals surface area contributed by atoms with Crippen molar-refractivity contribution in [2.45, 2.75) is 195 Å². The van der Waals surface area contributed by atoms with Crippen molar-refractivity contribution in [1.82, 2.24) is 0 Å². The van der Waals surface area contributed by atoms with E-state index < -0.39 is 0 Å². The minimum Gasteiger partial charge on any atom is -0.507 e. The van der Waals surface area contributed by atoms with E-state index in [9.17, 15) is 10.2 Å². The number of aliphatic imine (C=N–C) groups is 2. The van der Waals surface area contributed by atoms with E-state index in [0.29, 0.717) is 47.2 Å². The van der Waals surface area contributed by atoms with Gasteiger partial charge in [-0.15, -0.1) is 0 Å². The van der Waals surface area contributed by atoms with Crippen LogP contribution < -0.4 is 9.47 Å². The van der Waals surface area contributed by atoms with Crippen LogP contribution in [0.5, 0.6) is 23.0 Å². The Kier molecular flexibility index (Phi) is 22.0. The largest absolute Gasteiger partial charge is 0.507 e. The molecule has 0 spiro atoms. The van der Waals surface area contributed by atoms with Gasteiger partial charge in [0.05, 0.1) is 24.6 Å². The van der Waals surface area contributed by atoms with Crippen molar-refractivity contribution in [2.75, 3.05) is 13.2 Å². The van der Waals surface area contributed by atoms with Gasteiger partial charge in [-0.3, -0.25) is 9.98 Å². The summed E-state index contributed by atoms with van der Waals surface area (Å²) in [5.41, 5.74) is 4.08. The van der Waals surface area contributed by atoms with Crippen LogP contribution in [-0.2, 0) is 10.8 Å². The molecule has 6 heteroatoms. The lowest BCUT2D eigenvalue weighted by Gasteiger charge is -2.27. The summed E-state index contributed by atoms with van der Waals surface area (Å²) in [7, 11) is 0. The second kappa shape index (κ2) is 26.3. The number of para-hydroxylation sites is 1. The molecule has 0 amide bonds. The third kappa shape index (κ3) is 18.0. The number of unbranched alkanes of at least 4 members (excludes halogenated alkanes) is 18. The van der Waals surface area contributed by atoms with Gasteiger partial charge in [-0.05, 0) is 47.4 Å². The second-order valence-electron chi connectivity index (χ2n) is 18.4. The molecule has 0 bridgehead atoms. The number of benzene rings is 3. The fourth-order valence-corrected chi connectivity index (χ4v) is 7.15. The molecule has 0 aliphatic rings. The third-order valence-electron chi connectivity index (χ3n) is 11.0. The molecular weight excluding hydrogens is 717 g/mol. The van der Waals surface area contributed by atoms with Gasteiger partial charge in [0.2, 0.25) is 0 Å². The van der Waals surface area contributed by atoms with E-state index in [0.717, 1.165) is 36.8 Å². The lowest BCUT2D eigenvalue weighted by molar-refractivity contribution is 0.258. The molecule has 3 rings (SSSR count). The number of hydrogen-bond acceptors (Lipinski definition) is 6. The topological polar surface area (TPSA) is 83.6 Å². The Balaban J connectivity index is 1.89. The monoisotopic (exact) mass is 797 g/mol. The molecule has 322 valence electrons. The molecular formula is C52H80N2O4. The Morgan fingerprint density at radius 1 is 0.500 bits per heavy atom. The highest BCUT2D eigenvalue weighted by Crippen LogP contribution is 2.42. The Morgan fingerprint density at radius 2 is 0.914 bits per heavy atom. The molecule has 0 unspecified atom stereocenters. The summed E-state index contributed by atoms with van der Waals surface area (Å²) >= 11 is 0. The number of phenols is 2.